The lowest BCUT2D eigenvalue weighted by molar-refractivity contribution is 0.465. The summed E-state index contributed by atoms with van der Waals surface area (Å²) in [5.41, 5.74) is 1.01. The van der Waals surface area contributed by atoms with E-state index >= 15 is 0 Å². The summed E-state index contributed by atoms with van der Waals surface area (Å²) in [6, 6.07) is 8.38. The van der Waals surface area contributed by atoms with Crippen molar-refractivity contribution in [2.45, 2.75) is 22.9 Å². The molecule has 0 amide bonds. The van der Waals surface area contributed by atoms with Crippen LogP contribution >= 0.6 is 0 Å². The monoisotopic (exact) mass is 336 g/mol. The number of hydrogen-bond donors (Lipinski definition) is 4. The van der Waals surface area contributed by atoms with E-state index in [0.29, 0.717) is 24.2 Å². The minimum absolute atomic E-state index is 0.0416. The highest BCUT2D eigenvalue weighted by Gasteiger charge is 2.20. The zero-order valence-electron chi connectivity index (χ0n) is 13.0. The smallest absolute Gasteiger partial charge is 0.206 e. The normalized spacial score (nSPS) is 11.6. The van der Waals surface area contributed by atoms with Gasteiger partial charge in [0, 0.05) is 24.2 Å². The van der Waals surface area contributed by atoms with Crippen LogP contribution in [0.5, 0.6) is 11.5 Å². The Labute approximate surface area is 135 Å². The van der Waals surface area contributed by atoms with Crippen molar-refractivity contribution in [3.8, 4) is 11.5 Å². The lowest BCUT2D eigenvalue weighted by Crippen LogP contribution is -2.09. The highest BCUT2D eigenvalue weighted by atomic mass is 32.2. The van der Waals surface area contributed by atoms with Crippen LogP contribution in [0.2, 0.25) is 0 Å². The fraction of sp³-hybridized carbons (Fsp3) is 0.250. The topological polar surface area (TPSA) is 98.7 Å². The molecule has 2 aromatic rings. The summed E-state index contributed by atoms with van der Waals surface area (Å²) in [6.07, 6.45) is 0. The summed E-state index contributed by atoms with van der Waals surface area (Å²) >= 11 is 0. The lowest BCUT2D eigenvalue weighted by Gasteiger charge is -2.11. The van der Waals surface area contributed by atoms with E-state index in [1.54, 1.807) is 14.1 Å². The van der Waals surface area contributed by atoms with Gasteiger partial charge in [-0.2, -0.15) is 0 Å². The molecule has 0 spiro atoms. The third-order valence-electron chi connectivity index (χ3n) is 3.46. The second-order valence-corrected chi connectivity index (χ2v) is 7.09. The lowest BCUT2D eigenvalue weighted by atomic mass is 10.2. The largest absolute Gasteiger partial charge is 0.508 e. The molecule has 0 bridgehead atoms. The van der Waals surface area contributed by atoms with Gasteiger partial charge in [-0.05, 0) is 50.5 Å². The molecule has 0 heterocycles. The van der Waals surface area contributed by atoms with E-state index in [1.807, 2.05) is 0 Å². The first-order valence-corrected chi connectivity index (χ1v) is 8.56. The Bertz CT molecular complexity index is 742. The number of rotatable bonds is 6. The molecule has 0 unspecified atom stereocenters. The van der Waals surface area contributed by atoms with Gasteiger partial charge in [0.2, 0.25) is 9.84 Å². The summed E-state index contributed by atoms with van der Waals surface area (Å²) in [5.74, 6) is 0.0831. The third kappa shape index (κ3) is 3.64. The zero-order chi connectivity index (χ0) is 17.0. The zero-order valence-corrected chi connectivity index (χ0v) is 13.8. The number of sulfone groups is 1. The van der Waals surface area contributed by atoms with Crippen LogP contribution in [0.3, 0.4) is 0 Å². The summed E-state index contributed by atoms with van der Waals surface area (Å²) in [6.45, 7) is 0.714. The standard InChI is InChI=1S/C16H20N2O4S/c1-17-9-11-7-13(3-5-15(11)19)23(21,22)14-4-6-16(20)12(8-14)10-18-2/h3-8,17-20H,9-10H2,1-2H3. The van der Waals surface area contributed by atoms with Crippen molar-refractivity contribution in [2.24, 2.45) is 0 Å². The second kappa shape index (κ2) is 6.99. The van der Waals surface area contributed by atoms with E-state index in [-0.39, 0.29) is 21.3 Å². The van der Waals surface area contributed by atoms with Crippen LogP contribution in [0.1, 0.15) is 11.1 Å². The maximum absolute atomic E-state index is 12.8. The third-order valence-corrected chi connectivity index (χ3v) is 5.21. The van der Waals surface area contributed by atoms with Gasteiger partial charge >= 0.3 is 0 Å². The minimum atomic E-state index is -3.73. The first kappa shape index (κ1) is 17.3. The maximum Gasteiger partial charge on any atom is 0.206 e. The molecule has 2 aromatic carbocycles. The fourth-order valence-electron chi connectivity index (χ4n) is 2.26. The van der Waals surface area contributed by atoms with Gasteiger partial charge in [0.05, 0.1) is 9.79 Å². The Kier molecular flexibility index (Phi) is 5.25. The molecule has 0 saturated heterocycles. The van der Waals surface area contributed by atoms with Crippen LogP contribution in [0.4, 0.5) is 0 Å². The van der Waals surface area contributed by atoms with E-state index in [9.17, 15) is 18.6 Å². The van der Waals surface area contributed by atoms with E-state index < -0.39 is 9.84 Å². The number of benzene rings is 2. The molecule has 0 aliphatic rings. The van der Waals surface area contributed by atoms with E-state index in [1.165, 1.54) is 36.4 Å². The number of phenolic OH excluding ortho intramolecular Hbond substituents is 2. The Hall–Kier alpha value is -2.09. The molecule has 6 nitrogen and oxygen atoms in total. The molecular formula is C16H20N2O4S. The number of nitrogens with one attached hydrogen (secondary N) is 2. The minimum Gasteiger partial charge on any atom is -0.508 e. The van der Waals surface area contributed by atoms with E-state index in [4.69, 9.17) is 0 Å². The molecule has 124 valence electrons. The number of hydrogen-bond acceptors (Lipinski definition) is 6. The second-order valence-electron chi connectivity index (χ2n) is 5.15. The predicted octanol–water partition coefficient (Wildman–Crippen LogP) is 1.37. The Morgan fingerprint density at radius 3 is 1.57 bits per heavy atom. The molecule has 0 atom stereocenters. The van der Waals surface area contributed by atoms with Gasteiger partial charge in [-0.1, -0.05) is 0 Å². The van der Waals surface area contributed by atoms with Gasteiger partial charge in [0.1, 0.15) is 11.5 Å². The van der Waals surface area contributed by atoms with Crippen molar-refractivity contribution < 1.29 is 18.6 Å². The van der Waals surface area contributed by atoms with Crippen molar-refractivity contribution in [3.05, 3.63) is 47.5 Å². The maximum atomic E-state index is 12.8. The summed E-state index contributed by atoms with van der Waals surface area (Å²) in [4.78, 5) is 0.197. The van der Waals surface area contributed by atoms with Crippen molar-refractivity contribution in [2.75, 3.05) is 14.1 Å². The Morgan fingerprint density at radius 2 is 1.22 bits per heavy atom. The van der Waals surface area contributed by atoms with Crippen LogP contribution in [0.25, 0.3) is 0 Å². The van der Waals surface area contributed by atoms with Crippen LogP contribution in [0, 0.1) is 0 Å². The Morgan fingerprint density at radius 1 is 0.826 bits per heavy atom. The van der Waals surface area contributed by atoms with Crippen LogP contribution in [-0.4, -0.2) is 32.7 Å². The average molecular weight is 336 g/mol. The van der Waals surface area contributed by atoms with Gasteiger partial charge in [-0.15, -0.1) is 0 Å². The first-order chi connectivity index (χ1) is 10.9. The molecule has 0 fully saturated rings. The molecular weight excluding hydrogens is 316 g/mol. The summed E-state index contributed by atoms with van der Waals surface area (Å²) < 4.78 is 25.5. The number of phenols is 2. The molecule has 0 radical (unpaired) electrons. The van der Waals surface area contributed by atoms with Crippen molar-refractivity contribution in [3.63, 3.8) is 0 Å². The van der Waals surface area contributed by atoms with Crippen molar-refractivity contribution >= 4 is 9.84 Å². The fourth-order valence-corrected chi connectivity index (χ4v) is 3.62. The van der Waals surface area contributed by atoms with Gasteiger partial charge < -0.3 is 20.8 Å². The van der Waals surface area contributed by atoms with E-state index in [2.05, 4.69) is 10.6 Å². The molecule has 23 heavy (non-hydrogen) atoms. The van der Waals surface area contributed by atoms with Gasteiger partial charge in [-0.25, -0.2) is 8.42 Å². The summed E-state index contributed by atoms with van der Waals surface area (Å²) in [7, 11) is -0.306. The predicted molar refractivity (Wildman–Crippen MR) is 87.2 cm³/mol. The SMILES string of the molecule is CNCc1cc(S(=O)(=O)c2ccc(O)c(CNC)c2)ccc1O. The van der Waals surface area contributed by atoms with Crippen molar-refractivity contribution in [1.82, 2.24) is 10.6 Å². The van der Waals surface area contributed by atoms with Crippen LogP contribution in [-0.2, 0) is 22.9 Å². The molecule has 0 aliphatic heterocycles. The van der Waals surface area contributed by atoms with Gasteiger partial charge in [0.25, 0.3) is 0 Å². The van der Waals surface area contributed by atoms with E-state index in [0.717, 1.165) is 0 Å². The quantitative estimate of drug-likeness (QED) is 0.636. The Balaban J connectivity index is 2.50. The molecule has 2 rings (SSSR count). The molecule has 0 saturated carbocycles. The number of aromatic hydroxyl groups is 2. The average Bonchev–Trinajstić information content (AvgIpc) is 2.51. The van der Waals surface area contributed by atoms with Crippen molar-refractivity contribution in [1.29, 1.82) is 0 Å². The highest BCUT2D eigenvalue weighted by molar-refractivity contribution is 7.91. The van der Waals surface area contributed by atoms with Gasteiger partial charge in [0.15, 0.2) is 0 Å². The molecule has 4 N–H and O–H groups in total. The molecule has 7 heteroatoms. The molecule has 0 aromatic heterocycles. The van der Waals surface area contributed by atoms with Gasteiger partial charge in [-0.3, -0.25) is 0 Å². The van der Waals surface area contributed by atoms with Crippen LogP contribution < -0.4 is 10.6 Å². The van der Waals surface area contributed by atoms with Crippen LogP contribution in [0.15, 0.2) is 46.2 Å². The summed E-state index contributed by atoms with van der Waals surface area (Å²) in [5, 5.41) is 25.3. The first-order valence-electron chi connectivity index (χ1n) is 7.08. The highest BCUT2D eigenvalue weighted by Crippen LogP contribution is 2.28. The molecule has 0 aliphatic carbocycles.